The Balaban J connectivity index is 2.23. The van der Waals surface area contributed by atoms with Gasteiger partial charge in [-0.1, -0.05) is 13.3 Å². The highest BCUT2D eigenvalue weighted by atomic mass is 79.9. The SMILES string of the molecule is CCCc1cc(NS(=O)(=O)c2cc(Br)sc2Br)n[nH]1. The van der Waals surface area contributed by atoms with Gasteiger partial charge in [0, 0.05) is 11.8 Å². The highest BCUT2D eigenvalue weighted by molar-refractivity contribution is 9.12. The number of hydrogen-bond donors (Lipinski definition) is 2. The molecule has 2 rings (SSSR count). The predicted molar refractivity (Wildman–Crippen MR) is 83.1 cm³/mol. The first-order valence-electron chi connectivity index (χ1n) is 5.44. The van der Waals surface area contributed by atoms with Crippen LogP contribution >= 0.6 is 43.2 Å². The molecule has 0 amide bonds. The number of thiophene rings is 1. The largest absolute Gasteiger partial charge is 0.280 e. The summed E-state index contributed by atoms with van der Waals surface area (Å²) in [6.07, 6.45) is 1.81. The third kappa shape index (κ3) is 3.59. The summed E-state index contributed by atoms with van der Waals surface area (Å²) in [5.74, 6) is 0.303. The topological polar surface area (TPSA) is 74.8 Å². The smallest absolute Gasteiger partial charge is 0.265 e. The van der Waals surface area contributed by atoms with Crippen molar-refractivity contribution in [2.75, 3.05) is 4.72 Å². The summed E-state index contributed by atoms with van der Waals surface area (Å²) in [6.45, 7) is 2.05. The second-order valence-electron chi connectivity index (χ2n) is 3.82. The molecule has 0 aliphatic rings. The van der Waals surface area contributed by atoms with Crippen LogP contribution in [0.1, 0.15) is 19.0 Å². The second kappa shape index (κ2) is 5.94. The van der Waals surface area contributed by atoms with Crippen LogP contribution in [0, 0.1) is 0 Å². The number of hydrogen-bond acceptors (Lipinski definition) is 4. The summed E-state index contributed by atoms with van der Waals surface area (Å²) in [5.41, 5.74) is 0.908. The molecule has 5 nitrogen and oxygen atoms in total. The third-order valence-corrected chi connectivity index (χ3v) is 6.41. The maximum atomic E-state index is 12.2. The van der Waals surface area contributed by atoms with Gasteiger partial charge >= 0.3 is 0 Å². The van der Waals surface area contributed by atoms with E-state index >= 15 is 0 Å². The number of nitrogens with zero attached hydrogens (tertiary/aromatic N) is 1. The van der Waals surface area contributed by atoms with Crippen molar-refractivity contribution < 1.29 is 8.42 Å². The average molecular weight is 429 g/mol. The summed E-state index contributed by atoms with van der Waals surface area (Å²) >= 11 is 7.80. The van der Waals surface area contributed by atoms with Crippen LogP contribution < -0.4 is 4.72 Å². The Morgan fingerprint density at radius 2 is 2.16 bits per heavy atom. The number of nitrogens with one attached hydrogen (secondary N) is 2. The molecule has 2 aromatic rings. The molecule has 0 unspecified atom stereocenters. The van der Waals surface area contributed by atoms with Crippen molar-refractivity contribution in [2.24, 2.45) is 0 Å². The summed E-state index contributed by atoms with van der Waals surface area (Å²) in [5, 5.41) is 6.75. The maximum absolute atomic E-state index is 12.2. The molecule has 0 saturated heterocycles. The van der Waals surface area contributed by atoms with Crippen LogP contribution in [0.4, 0.5) is 5.82 Å². The fraction of sp³-hybridized carbons (Fsp3) is 0.300. The molecule has 0 fully saturated rings. The van der Waals surface area contributed by atoms with E-state index in [2.05, 4.69) is 46.8 Å². The molecule has 2 heterocycles. The van der Waals surface area contributed by atoms with E-state index in [-0.39, 0.29) is 4.90 Å². The van der Waals surface area contributed by atoms with Crippen LogP contribution in [-0.2, 0) is 16.4 Å². The molecule has 9 heteroatoms. The van der Waals surface area contributed by atoms with Crippen molar-refractivity contribution in [2.45, 2.75) is 24.7 Å². The van der Waals surface area contributed by atoms with Gasteiger partial charge in [0.1, 0.15) is 4.90 Å². The molecular formula is C10H11Br2N3O2S2. The van der Waals surface area contributed by atoms with Crippen molar-refractivity contribution in [3.8, 4) is 0 Å². The molecule has 0 aliphatic heterocycles. The molecule has 104 valence electrons. The van der Waals surface area contributed by atoms with Crippen molar-refractivity contribution in [3.63, 3.8) is 0 Å². The van der Waals surface area contributed by atoms with E-state index in [1.165, 1.54) is 11.3 Å². The molecule has 0 saturated carbocycles. The highest BCUT2D eigenvalue weighted by Crippen LogP contribution is 2.35. The third-order valence-electron chi connectivity index (χ3n) is 2.30. The van der Waals surface area contributed by atoms with Crippen molar-refractivity contribution in [1.29, 1.82) is 0 Å². The van der Waals surface area contributed by atoms with Gasteiger partial charge < -0.3 is 0 Å². The average Bonchev–Trinajstić information content (AvgIpc) is 2.86. The zero-order valence-corrected chi connectivity index (χ0v) is 14.7. The van der Waals surface area contributed by atoms with Gasteiger partial charge in [0.15, 0.2) is 5.82 Å². The number of aryl methyl sites for hydroxylation is 1. The van der Waals surface area contributed by atoms with Gasteiger partial charge in [-0.3, -0.25) is 9.82 Å². The standard InChI is InChI=1S/C10H11Br2N3O2S2/c1-2-3-6-4-9(14-13-6)15-19(16,17)7-5-8(11)18-10(7)12/h4-5H,2-3H2,1H3,(H2,13,14,15). The zero-order valence-electron chi connectivity index (χ0n) is 9.91. The Hall–Kier alpha value is -0.380. The predicted octanol–water partition coefficient (Wildman–Crippen LogP) is 3.75. The first kappa shape index (κ1) is 15.0. The molecule has 0 bridgehead atoms. The van der Waals surface area contributed by atoms with Gasteiger partial charge in [-0.2, -0.15) is 5.10 Å². The van der Waals surface area contributed by atoms with Crippen LogP contribution in [-0.4, -0.2) is 18.6 Å². The number of halogens is 2. The lowest BCUT2D eigenvalue weighted by molar-refractivity contribution is 0.601. The van der Waals surface area contributed by atoms with Gasteiger partial charge in [-0.25, -0.2) is 8.42 Å². The van der Waals surface area contributed by atoms with E-state index in [0.717, 1.165) is 22.3 Å². The minimum atomic E-state index is -3.62. The van der Waals surface area contributed by atoms with Gasteiger partial charge in [-0.15, -0.1) is 11.3 Å². The second-order valence-corrected chi connectivity index (χ2v) is 9.22. The lowest BCUT2D eigenvalue weighted by atomic mass is 10.2. The molecule has 0 atom stereocenters. The van der Waals surface area contributed by atoms with E-state index in [1.54, 1.807) is 12.1 Å². The minimum absolute atomic E-state index is 0.199. The van der Waals surface area contributed by atoms with Gasteiger partial charge in [0.2, 0.25) is 0 Å². The van der Waals surface area contributed by atoms with Gasteiger partial charge in [-0.05, 0) is 44.3 Å². The molecule has 19 heavy (non-hydrogen) atoms. The first-order valence-corrected chi connectivity index (χ1v) is 9.33. The fourth-order valence-corrected chi connectivity index (χ4v) is 6.32. The Bertz CT molecular complexity index is 679. The van der Waals surface area contributed by atoms with E-state index in [0.29, 0.717) is 9.60 Å². The summed E-state index contributed by atoms with van der Waals surface area (Å²) in [4.78, 5) is 0.199. The maximum Gasteiger partial charge on any atom is 0.265 e. The number of aromatic amines is 1. The van der Waals surface area contributed by atoms with Crippen LogP contribution in [0.5, 0.6) is 0 Å². The van der Waals surface area contributed by atoms with E-state index in [9.17, 15) is 8.42 Å². The van der Waals surface area contributed by atoms with Crippen LogP contribution in [0.15, 0.2) is 24.6 Å². The first-order chi connectivity index (χ1) is 8.92. The molecule has 0 spiro atoms. The van der Waals surface area contributed by atoms with Gasteiger partial charge in [0.05, 0.1) is 7.57 Å². The minimum Gasteiger partial charge on any atom is -0.280 e. The monoisotopic (exact) mass is 427 g/mol. The lowest BCUT2D eigenvalue weighted by Gasteiger charge is -2.03. The number of aromatic nitrogens is 2. The summed E-state index contributed by atoms with van der Waals surface area (Å²) in [6, 6.07) is 3.26. The normalized spacial score (nSPS) is 11.7. The summed E-state index contributed by atoms with van der Waals surface area (Å²) in [7, 11) is -3.62. The van der Waals surface area contributed by atoms with Gasteiger partial charge in [0.25, 0.3) is 10.0 Å². The summed E-state index contributed by atoms with van der Waals surface area (Å²) < 4.78 is 28.1. The van der Waals surface area contributed by atoms with Crippen molar-refractivity contribution in [3.05, 3.63) is 25.4 Å². The highest BCUT2D eigenvalue weighted by Gasteiger charge is 2.21. The van der Waals surface area contributed by atoms with E-state index < -0.39 is 10.0 Å². The Kier molecular flexibility index (Phi) is 4.70. The Morgan fingerprint density at radius 3 is 2.74 bits per heavy atom. The number of H-pyrrole nitrogens is 1. The van der Waals surface area contributed by atoms with E-state index in [1.807, 2.05) is 6.92 Å². The lowest BCUT2D eigenvalue weighted by Crippen LogP contribution is -2.12. The quantitative estimate of drug-likeness (QED) is 0.761. The number of rotatable bonds is 5. The number of anilines is 1. The molecule has 2 N–H and O–H groups in total. The molecule has 0 aromatic carbocycles. The molecule has 0 aliphatic carbocycles. The van der Waals surface area contributed by atoms with Crippen LogP contribution in [0.2, 0.25) is 0 Å². The molecule has 2 aromatic heterocycles. The Morgan fingerprint density at radius 1 is 1.42 bits per heavy atom. The van der Waals surface area contributed by atoms with Crippen molar-refractivity contribution in [1.82, 2.24) is 10.2 Å². The van der Waals surface area contributed by atoms with E-state index in [4.69, 9.17) is 0 Å². The Labute approximate surface area is 132 Å². The molecular weight excluding hydrogens is 418 g/mol. The fourth-order valence-electron chi connectivity index (χ4n) is 1.51. The molecule has 0 radical (unpaired) electrons. The van der Waals surface area contributed by atoms with Crippen LogP contribution in [0.25, 0.3) is 0 Å². The zero-order chi connectivity index (χ0) is 14.0. The van der Waals surface area contributed by atoms with Crippen molar-refractivity contribution >= 4 is 59.0 Å². The van der Waals surface area contributed by atoms with Crippen LogP contribution in [0.3, 0.4) is 0 Å². The number of sulfonamides is 1.